The van der Waals surface area contributed by atoms with E-state index in [2.05, 4.69) is 16.0 Å². The fourth-order valence-corrected chi connectivity index (χ4v) is 4.43. The zero-order valence-electron chi connectivity index (χ0n) is 17.5. The van der Waals surface area contributed by atoms with E-state index < -0.39 is 9.84 Å². The van der Waals surface area contributed by atoms with Gasteiger partial charge in [-0.25, -0.2) is 8.42 Å². The molecule has 0 aliphatic carbocycles. The highest BCUT2D eigenvalue weighted by Crippen LogP contribution is 2.29. The van der Waals surface area contributed by atoms with E-state index in [4.69, 9.17) is 4.74 Å². The van der Waals surface area contributed by atoms with Crippen LogP contribution in [-0.2, 0) is 22.6 Å². The number of rotatable bonds is 7. The molecule has 2 heterocycles. The third-order valence-electron chi connectivity index (χ3n) is 4.55. The maximum Gasteiger partial charge on any atom is 0.322 e. The fraction of sp³-hybridized carbons (Fsp3) is 0.273. The summed E-state index contributed by atoms with van der Waals surface area (Å²) in [6.45, 7) is 3.59. The Hall–Kier alpha value is -3.51. The lowest BCUT2D eigenvalue weighted by Crippen LogP contribution is -2.14. The van der Waals surface area contributed by atoms with Gasteiger partial charge in [-0.1, -0.05) is 19.1 Å². The number of nitrogens with zero attached hydrogens (tertiary/aromatic N) is 4. The molecule has 0 N–H and O–H groups in total. The van der Waals surface area contributed by atoms with Crippen molar-refractivity contribution in [3.8, 4) is 29.1 Å². The summed E-state index contributed by atoms with van der Waals surface area (Å²) in [7, 11) is -1.75. The second-order valence-electron chi connectivity index (χ2n) is 7.15. The van der Waals surface area contributed by atoms with Crippen LogP contribution in [-0.4, -0.2) is 28.7 Å². The summed E-state index contributed by atoms with van der Waals surface area (Å²) >= 11 is 0. The van der Waals surface area contributed by atoms with Crippen LogP contribution in [0.3, 0.4) is 0 Å². The van der Waals surface area contributed by atoms with E-state index in [0.717, 1.165) is 5.56 Å². The molecule has 0 spiro atoms. The quantitative estimate of drug-likeness (QED) is 0.556. The van der Waals surface area contributed by atoms with Gasteiger partial charge < -0.3 is 9.30 Å². The van der Waals surface area contributed by atoms with Gasteiger partial charge in [0.05, 0.1) is 28.5 Å². The molecule has 0 saturated heterocycles. The lowest BCUT2D eigenvalue weighted by molar-refractivity contribution is 0.436. The molecule has 0 aliphatic rings. The van der Waals surface area contributed by atoms with E-state index >= 15 is 0 Å². The molecular formula is C22H22N4O4S. The van der Waals surface area contributed by atoms with Gasteiger partial charge in [-0.15, -0.1) is 0 Å². The highest BCUT2D eigenvalue weighted by molar-refractivity contribution is 7.90. The van der Waals surface area contributed by atoms with Crippen LogP contribution in [0.15, 0.2) is 47.4 Å². The second kappa shape index (κ2) is 9.10. The first-order valence-electron chi connectivity index (χ1n) is 9.65. The molecule has 0 saturated carbocycles. The Morgan fingerprint density at radius 2 is 1.97 bits per heavy atom. The third-order valence-corrected chi connectivity index (χ3v) is 6.31. The van der Waals surface area contributed by atoms with Crippen LogP contribution >= 0.6 is 0 Å². The van der Waals surface area contributed by atoms with Crippen molar-refractivity contribution in [2.45, 2.75) is 26.0 Å². The van der Waals surface area contributed by atoms with Crippen LogP contribution in [0.5, 0.6) is 11.8 Å². The Morgan fingerprint density at radius 1 is 1.19 bits per heavy atom. The van der Waals surface area contributed by atoms with Gasteiger partial charge in [0, 0.05) is 24.9 Å². The number of sulfone groups is 1. The molecule has 0 radical (unpaired) electrons. The van der Waals surface area contributed by atoms with Crippen molar-refractivity contribution in [3.05, 3.63) is 69.8 Å². The van der Waals surface area contributed by atoms with E-state index in [-0.39, 0.29) is 28.8 Å². The number of hydrogen-bond acceptors (Lipinski definition) is 7. The number of benzene rings is 1. The average molecular weight is 439 g/mol. The maximum atomic E-state index is 12.4. The first-order chi connectivity index (χ1) is 14.7. The molecule has 1 aromatic carbocycles. The highest BCUT2D eigenvalue weighted by atomic mass is 32.2. The summed E-state index contributed by atoms with van der Waals surface area (Å²) in [5, 5.41) is 9.39. The molecule has 0 atom stereocenters. The monoisotopic (exact) mass is 438 g/mol. The molecule has 3 rings (SSSR count). The van der Waals surface area contributed by atoms with Crippen LogP contribution in [0, 0.1) is 18.3 Å². The Kier molecular flexibility index (Phi) is 6.51. The molecule has 160 valence electrons. The number of hydrogen-bond donors (Lipinski definition) is 0. The highest BCUT2D eigenvalue weighted by Gasteiger charge is 2.17. The van der Waals surface area contributed by atoms with Gasteiger partial charge in [-0.2, -0.15) is 15.2 Å². The van der Waals surface area contributed by atoms with Gasteiger partial charge in [0.15, 0.2) is 15.6 Å². The molecule has 3 aromatic rings. The van der Waals surface area contributed by atoms with Crippen LogP contribution < -0.4 is 10.3 Å². The predicted octanol–water partition coefficient (Wildman–Crippen LogP) is 3.14. The lowest BCUT2D eigenvalue weighted by Gasteiger charge is -2.12. The standard InChI is InChI=1S/C22H22N4O4S/c1-4-10-31(28,29)14-18-11-19(17-8-9-20(27)26(3)13-17)25-22(24-18)30-21-15(2)6-5-7-16(21)12-23/h5-9,11,13H,4,10,14H2,1-3H3. The minimum absolute atomic E-state index is 0.0404. The van der Waals surface area contributed by atoms with E-state index in [1.165, 1.54) is 10.6 Å². The van der Waals surface area contributed by atoms with Crippen molar-refractivity contribution in [2.75, 3.05) is 5.75 Å². The van der Waals surface area contributed by atoms with Gasteiger partial charge in [0.2, 0.25) is 5.56 Å². The van der Waals surface area contributed by atoms with Crippen molar-refractivity contribution >= 4 is 9.84 Å². The first-order valence-corrected chi connectivity index (χ1v) is 11.5. The maximum absolute atomic E-state index is 12.4. The summed E-state index contributed by atoms with van der Waals surface area (Å²) < 4.78 is 32.0. The fourth-order valence-electron chi connectivity index (χ4n) is 3.06. The van der Waals surface area contributed by atoms with E-state index in [1.807, 2.05) is 0 Å². The first kappa shape index (κ1) is 22.2. The SMILES string of the molecule is CCCS(=O)(=O)Cc1cc(-c2ccc(=O)n(C)c2)nc(Oc2c(C)cccc2C#N)n1. The Morgan fingerprint density at radius 3 is 2.65 bits per heavy atom. The number of nitriles is 1. The smallest absolute Gasteiger partial charge is 0.322 e. The van der Waals surface area contributed by atoms with Crippen molar-refractivity contribution in [2.24, 2.45) is 7.05 Å². The Labute approximate surface area is 180 Å². The molecule has 8 nitrogen and oxygen atoms in total. The number of pyridine rings is 1. The second-order valence-corrected chi connectivity index (χ2v) is 9.34. The predicted molar refractivity (Wildman–Crippen MR) is 116 cm³/mol. The van der Waals surface area contributed by atoms with Crippen LogP contribution in [0.4, 0.5) is 0 Å². The minimum atomic E-state index is -3.36. The molecule has 31 heavy (non-hydrogen) atoms. The minimum Gasteiger partial charge on any atom is -0.423 e. The number of ether oxygens (including phenoxy) is 1. The number of aromatic nitrogens is 3. The van der Waals surface area contributed by atoms with Gasteiger partial charge in [0.1, 0.15) is 6.07 Å². The Balaban J connectivity index is 2.12. The zero-order valence-corrected chi connectivity index (χ0v) is 18.3. The Bertz CT molecular complexity index is 1320. The van der Waals surface area contributed by atoms with E-state index in [9.17, 15) is 18.5 Å². The van der Waals surface area contributed by atoms with E-state index in [0.29, 0.717) is 29.0 Å². The van der Waals surface area contributed by atoms with Gasteiger partial charge in [0.25, 0.3) is 0 Å². The largest absolute Gasteiger partial charge is 0.423 e. The summed E-state index contributed by atoms with van der Waals surface area (Å²) in [6.07, 6.45) is 2.10. The summed E-state index contributed by atoms with van der Waals surface area (Å²) in [4.78, 5) is 20.4. The van der Waals surface area contributed by atoms with Crippen molar-refractivity contribution in [1.29, 1.82) is 5.26 Å². The molecule has 0 unspecified atom stereocenters. The van der Waals surface area contributed by atoms with Gasteiger partial charge >= 0.3 is 6.01 Å². The summed E-state index contributed by atoms with van der Waals surface area (Å²) in [5.41, 5.74) is 2.14. The number of aryl methyl sites for hydroxylation is 2. The molecule has 0 amide bonds. The molecule has 2 aromatic heterocycles. The van der Waals surface area contributed by atoms with Crippen molar-refractivity contribution < 1.29 is 13.2 Å². The van der Waals surface area contributed by atoms with Crippen molar-refractivity contribution in [1.82, 2.24) is 14.5 Å². The van der Waals surface area contributed by atoms with Crippen LogP contribution in [0.1, 0.15) is 30.2 Å². The zero-order chi connectivity index (χ0) is 22.6. The molecular weight excluding hydrogens is 416 g/mol. The molecule has 0 aliphatic heterocycles. The lowest BCUT2D eigenvalue weighted by atomic mass is 10.1. The van der Waals surface area contributed by atoms with Gasteiger partial charge in [-0.05, 0) is 37.1 Å². The summed E-state index contributed by atoms with van der Waals surface area (Å²) in [6, 6.07) is 11.7. The van der Waals surface area contributed by atoms with E-state index in [1.54, 1.807) is 57.4 Å². The topological polar surface area (TPSA) is 115 Å². The average Bonchev–Trinajstić information content (AvgIpc) is 2.71. The van der Waals surface area contributed by atoms with Crippen LogP contribution in [0.25, 0.3) is 11.3 Å². The third kappa shape index (κ3) is 5.35. The van der Waals surface area contributed by atoms with Crippen LogP contribution in [0.2, 0.25) is 0 Å². The van der Waals surface area contributed by atoms with Gasteiger partial charge in [-0.3, -0.25) is 4.79 Å². The molecule has 9 heteroatoms. The molecule has 0 fully saturated rings. The summed E-state index contributed by atoms with van der Waals surface area (Å²) in [5.74, 6) is 0.0841. The number of para-hydroxylation sites is 1. The van der Waals surface area contributed by atoms with Crippen molar-refractivity contribution in [3.63, 3.8) is 0 Å². The normalized spacial score (nSPS) is 11.2. The molecule has 0 bridgehead atoms.